The molecule has 47 heavy (non-hydrogen) atoms. The number of anilines is 2. The molecule has 1 heterocycles. The molecule has 3 amide bonds. The standard InChI is InChI=1S/C37H27ClN4O3S2/c38-27-20-18-24(19-21-27)22-31(40-34(43)26-12-5-2-6-13-26)35(44)39-28-14-9-15-29(23-28)46-33(25-10-3-1-4-11-25)36(45)42-37-41-30-16-7-8-17-32(30)47-37/h1-23,33H,(H,39,44)(H,40,43)(H,41,42,45)/b31-22-. The van der Waals surface area contributed by atoms with Crippen LogP contribution in [0.1, 0.15) is 26.7 Å². The second kappa shape index (κ2) is 14.9. The number of nitrogens with one attached hydrogen (secondary N) is 3. The first kappa shape index (κ1) is 31.7. The minimum absolute atomic E-state index is 0.0524. The zero-order valence-corrected chi connectivity index (χ0v) is 27.1. The van der Waals surface area contributed by atoms with E-state index in [1.54, 1.807) is 72.8 Å². The summed E-state index contributed by atoms with van der Waals surface area (Å²) in [6.07, 6.45) is 1.59. The number of carbonyl (C=O) groups is 3. The molecule has 0 spiro atoms. The highest BCUT2D eigenvalue weighted by Crippen LogP contribution is 2.38. The maximum Gasteiger partial charge on any atom is 0.272 e. The molecule has 7 nitrogen and oxygen atoms in total. The Kier molecular flexibility index (Phi) is 10.1. The maximum absolute atomic E-state index is 13.7. The molecular weight excluding hydrogens is 648 g/mol. The first-order valence-electron chi connectivity index (χ1n) is 14.5. The predicted molar refractivity (Wildman–Crippen MR) is 192 cm³/mol. The molecule has 1 atom stereocenters. The number of thioether (sulfide) groups is 1. The summed E-state index contributed by atoms with van der Waals surface area (Å²) in [7, 11) is 0. The van der Waals surface area contributed by atoms with Crippen molar-refractivity contribution in [3.63, 3.8) is 0 Å². The summed E-state index contributed by atoms with van der Waals surface area (Å²) in [5.41, 5.74) is 3.29. The van der Waals surface area contributed by atoms with Crippen LogP contribution in [0.5, 0.6) is 0 Å². The Morgan fingerprint density at radius 3 is 2.21 bits per heavy atom. The lowest BCUT2D eigenvalue weighted by Gasteiger charge is -2.17. The molecule has 0 saturated carbocycles. The highest BCUT2D eigenvalue weighted by atomic mass is 35.5. The van der Waals surface area contributed by atoms with Gasteiger partial charge in [-0.05, 0) is 71.8 Å². The molecule has 0 aliphatic heterocycles. The van der Waals surface area contributed by atoms with Crippen LogP contribution >= 0.6 is 34.7 Å². The molecule has 0 radical (unpaired) electrons. The molecule has 1 unspecified atom stereocenters. The van der Waals surface area contributed by atoms with Crippen LogP contribution in [0.25, 0.3) is 16.3 Å². The van der Waals surface area contributed by atoms with Gasteiger partial charge in [-0.2, -0.15) is 0 Å². The van der Waals surface area contributed by atoms with Gasteiger partial charge in [-0.15, -0.1) is 11.8 Å². The van der Waals surface area contributed by atoms with Crippen molar-refractivity contribution in [2.45, 2.75) is 10.1 Å². The molecule has 3 N–H and O–H groups in total. The fourth-order valence-corrected chi connectivity index (χ4v) is 6.73. The van der Waals surface area contributed by atoms with Crippen molar-refractivity contribution < 1.29 is 14.4 Å². The molecule has 1 aromatic heterocycles. The molecule has 6 rings (SSSR count). The lowest BCUT2D eigenvalue weighted by atomic mass is 10.1. The Labute approximate surface area is 284 Å². The average molecular weight is 675 g/mol. The van der Waals surface area contributed by atoms with Crippen LogP contribution in [-0.2, 0) is 9.59 Å². The van der Waals surface area contributed by atoms with E-state index in [0.717, 1.165) is 20.7 Å². The Morgan fingerprint density at radius 1 is 0.766 bits per heavy atom. The van der Waals surface area contributed by atoms with Crippen molar-refractivity contribution in [3.05, 3.63) is 161 Å². The highest BCUT2D eigenvalue weighted by molar-refractivity contribution is 8.00. The van der Waals surface area contributed by atoms with Gasteiger partial charge < -0.3 is 16.0 Å². The van der Waals surface area contributed by atoms with Crippen LogP contribution in [0, 0.1) is 0 Å². The van der Waals surface area contributed by atoms with E-state index in [-0.39, 0.29) is 11.6 Å². The summed E-state index contributed by atoms with van der Waals surface area (Å²) >= 11 is 8.82. The van der Waals surface area contributed by atoms with Gasteiger partial charge in [-0.25, -0.2) is 4.98 Å². The number of benzene rings is 5. The van der Waals surface area contributed by atoms with E-state index in [2.05, 4.69) is 20.9 Å². The first-order valence-corrected chi connectivity index (χ1v) is 16.6. The van der Waals surface area contributed by atoms with Gasteiger partial charge in [0.2, 0.25) is 5.91 Å². The Morgan fingerprint density at radius 2 is 1.47 bits per heavy atom. The molecule has 5 aromatic carbocycles. The van der Waals surface area contributed by atoms with Gasteiger partial charge in [-0.3, -0.25) is 14.4 Å². The summed E-state index contributed by atoms with van der Waals surface area (Å²) in [4.78, 5) is 45.6. The number of carbonyl (C=O) groups excluding carboxylic acids is 3. The highest BCUT2D eigenvalue weighted by Gasteiger charge is 2.24. The number of hydrogen-bond acceptors (Lipinski definition) is 6. The smallest absolute Gasteiger partial charge is 0.272 e. The summed E-state index contributed by atoms with van der Waals surface area (Å²) in [5.74, 6) is -1.15. The second-order valence-electron chi connectivity index (χ2n) is 10.3. The van der Waals surface area contributed by atoms with Crippen molar-refractivity contribution in [2.75, 3.05) is 10.6 Å². The van der Waals surface area contributed by atoms with Crippen LogP contribution in [-0.4, -0.2) is 22.7 Å². The zero-order chi connectivity index (χ0) is 32.6. The topological polar surface area (TPSA) is 100 Å². The third-order valence-electron chi connectivity index (χ3n) is 6.92. The van der Waals surface area contributed by atoms with E-state index in [1.807, 2.05) is 66.7 Å². The fraction of sp³-hybridized carbons (Fsp3) is 0.0270. The van der Waals surface area contributed by atoms with Gasteiger partial charge in [0, 0.05) is 21.2 Å². The van der Waals surface area contributed by atoms with Gasteiger partial charge in [0.1, 0.15) is 10.9 Å². The molecule has 6 aromatic rings. The van der Waals surface area contributed by atoms with Crippen LogP contribution in [0.3, 0.4) is 0 Å². The molecule has 0 bridgehead atoms. The summed E-state index contributed by atoms with van der Waals surface area (Å²) in [6.45, 7) is 0. The van der Waals surface area contributed by atoms with Crippen molar-refractivity contribution in [3.8, 4) is 0 Å². The van der Waals surface area contributed by atoms with E-state index in [0.29, 0.717) is 27.0 Å². The van der Waals surface area contributed by atoms with Crippen molar-refractivity contribution in [1.82, 2.24) is 10.3 Å². The van der Waals surface area contributed by atoms with Gasteiger partial charge in [0.25, 0.3) is 11.8 Å². The molecule has 10 heteroatoms. The predicted octanol–water partition coefficient (Wildman–Crippen LogP) is 8.83. The molecule has 0 aliphatic carbocycles. The fourth-order valence-electron chi connectivity index (χ4n) is 4.65. The molecule has 232 valence electrons. The number of aromatic nitrogens is 1. The quantitative estimate of drug-likeness (QED) is 0.0996. The third kappa shape index (κ3) is 8.33. The lowest BCUT2D eigenvalue weighted by Crippen LogP contribution is -2.30. The number of amides is 3. The van der Waals surface area contributed by atoms with Gasteiger partial charge in [0.05, 0.1) is 10.2 Å². The van der Waals surface area contributed by atoms with Crippen molar-refractivity contribution in [2.24, 2.45) is 0 Å². The summed E-state index contributed by atoms with van der Waals surface area (Å²) in [6, 6.07) is 40.0. The van der Waals surface area contributed by atoms with E-state index in [1.165, 1.54) is 23.1 Å². The number of hydrogen-bond donors (Lipinski definition) is 3. The minimum atomic E-state index is -0.598. The second-order valence-corrected chi connectivity index (χ2v) is 12.9. The largest absolute Gasteiger partial charge is 0.321 e. The average Bonchev–Trinajstić information content (AvgIpc) is 3.51. The molecular formula is C37H27ClN4O3S2. The number of nitrogens with zero attached hydrogens (tertiary/aromatic N) is 1. The van der Waals surface area contributed by atoms with Crippen LogP contribution in [0.15, 0.2) is 144 Å². The number of thiazole rings is 1. The summed E-state index contributed by atoms with van der Waals surface area (Å²) in [5, 5.41) is 9.12. The van der Waals surface area contributed by atoms with Crippen LogP contribution < -0.4 is 16.0 Å². The van der Waals surface area contributed by atoms with E-state index in [4.69, 9.17) is 11.6 Å². The van der Waals surface area contributed by atoms with Crippen molar-refractivity contribution in [1.29, 1.82) is 0 Å². The molecule has 0 fully saturated rings. The monoisotopic (exact) mass is 674 g/mol. The lowest BCUT2D eigenvalue weighted by molar-refractivity contribution is -0.116. The number of para-hydroxylation sites is 1. The normalized spacial score (nSPS) is 11.9. The number of halogens is 1. The van der Waals surface area contributed by atoms with E-state index >= 15 is 0 Å². The van der Waals surface area contributed by atoms with Crippen molar-refractivity contribution >= 4 is 79.5 Å². The molecule has 0 saturated heterocycles. The Hall–Kier alpha value is -5.22. The molecule has 0 aliphatic rings. The first-order chi connectivity index (χ1) is 22.9. The Balaban J connectivity index is 1.22. The number of fused-ring (bicyclic) bond motifs is 1. The number of rotatable bonds is 10. The van der Waals surface area contributed by atoms with E-state index in [9.17, 15) is 14.4 Å². The third-order valence-corrected chi connectivity index (χ3v) is 9.37. The van der Waals surface area contributed by atoms with E-state index < -0.39 is 17.1 Å². The maximum atomic E-state index is 13.7. The summed E-state index contributed by atoms with van der Waals surface area (Å²) < 4.78 is 0.986. The Bertz CT molecular complexity index is 2030. The zero-order valence-electron chi connectivity index (χ0n) is 24.7. The minimum Gasteiger partial charge on any atom is -0.321 e. The van der Waals surface area contributed by atoms with Gasteiger partial charge in [0.15, 0.2) is 5.13 Å². The SMILES string of the molecule is O=C(Nc1cccc(SC(C(=O)Nc2nc3ccccc3s2)c2ccccc2)c1)/C(=C/c1ccc(Cl)cc1)NC(=O)c1ccccc1. The van der Waals surface area contributed by atoms with Crippen LogP contribution in [0.2, 0.25) is 5.02 Å². The van der Waals surface area contributed by atoms with Gasteiger partial charge in [-0.1, -0.05) is 102 Å². The van der Waals surface area contributed by atoms with Crippen LogP contribution in [0.4, 0.5) is 10.8 Å². The van der Waals surface area contributed by atoms with Gasteiger partial charge >= 0.3 is 0 Å².